The average molecular weight is 405 g/mol. The molecule has 146 valence electrons. The maximum Gasteiger partial charge on any atom is 0.177 e. The number of hydrogen-bond donors (Lipinski definition) is 0. The topological polar surface area (TPSA) is 23.8 Å². The predicted molar refractivity (Wildman–Crippen MR) is 101 cm³/mol. The van der Waals surface area contributed by atoms with Gasteiger partial charge >= 0.3 is 0 Å². The van der Waals surface area contributed by atoms with Crippen molar-refractivity contribution in [1.29, 1.82) is 5.26 Å². The Labute approximate surface area is 165 Å². The summed E-state index contributed by atoms with van der Waals surface area (Å²) in [5, 5.41) is 10.0. The molecule has 0 radical (unpaired) electrons. The highest BCUT2D eigenvalue weighted by Crippen LogP contribution is 2.47. The lowest BCUT2D eigenvalue weighted by Gasteiger charge is -2.29. The number of halogens is 4. The van der Waals surface area contributed by atoms with Gasteiger partial charge in [-0.25, -0.2) is 17.6 Å². The molecular formula is C22H19F4NS. The SMILES string of the molecule is N#CSc1c(F)c(F)c(-c2ccc(C3CCC(C4CC4)CC3)cc2)c(F)c1F. The quantitative estimate of drug-likeness (QED) is 0.233. The van der Waals surface area contributed by atoms with Gasteiger partial charge in [0.15, 0.2) is 23.3 Å². The van der Waals surface area contributed by atoms with Gasteiger partial charge in [0.25, 0.3) is 0 Å². The maximum absolute atomic E-state index is 14.4. The van der Waals surface area contributed by atoms with E-state index in [-0.39, 0.29) is 17.3 Å². The summed E-state index contributed by atoms with van der Waals surface area (Å²) >= 11 is 0.0640. The van der Waals surface area contributed by atoms with Gasteiger partial charge in [0.2, 0.25) is 0 Å². The predicted octanol–water partition coefficient (Wildman–Crippen LogP) is 7.17. The van der Waals surface area contributed by atoms with Crippen molar-refractivity contribution in [2.45, 2.75) is 49.3 Å². The summed E-state index contributed by atoms with van der Waals surface area (Å²) in [5.74, 6) is -3.85. The highest BCUT2D eigenvalue weighted by molar-refractivity contribution is 8.03. The lowest BCUT2D eigenvalue weighted by Crippen LogP contribution is -2.14. The molecule has 2 aliphatic carbocycles. The van der Waals surface area contributed by atoms with Crippen LogP contribution in [0.5, 0.6) is 0 Å². The molecule has 1 nitrogen and oxygen atoms in total. The van der Waals surface area contributed by atoms with Crippen molar-refractivity contribution in [3.63, 3.8) is 0 Å². The van der Waals surface area contributed by atoms with Crippen LogP contribution in [0.15, 0.2) is 29.2 Å². The average Bonchev–Trinajstić information content (AvgIpc) is 3.56. The summed E-state index contributed by atoms with van der Waals surface area (Å²) in [4.78, 5) is -0.953. The summed E-state index contributed by atoms with van der Waals surface area (Å²) in [6.07, 6.45) is 7.36. The van der Waals surface area contributed by atoms with Gasteiger partial charge in [0.1, 0.15) is 5.40 Å². The molecule has 0 aromatic heterocycles. The van der Waals surface area contributed by atoms with Crippen LogP contribution in [0.2, 0.25) is 0 Å². The van der Waals surface area contributed by atoms with Crippen LogP contribution in [0.1, 0.15) is 50.0 Å². The van der Waals surface area contributed by atoms with Crippen LogP contribution in [0.4, 0.5) is 17.6 Å². The molecule has 2 aromatic rings. The molecule has 2 saturated carbocycles. The van der Waals surface area contributed by atoms with Gasteiger partial charge in [0, 0.05) is 0 Å². The lowest BCUT2D eigenvalue weighted by atomic mass is 9.77. The zero-order chi connectivity index (χ0) is 19.8. The molecule has 0 spiro atoms. The second kappa shape index (κ2) is 7.79. The molecule has 4 rings (SSSR count). The molecular weight excluding hydrogens is 386 g/mol. The minimum atomic E-state index is -1.54. The number of nitrogens with zero attached hydrogens (tertiary/aromatic N) is 1. The van der Waals surface area contributed by atoms with Crippen molar-refractivity contribution in [3.8, 4) is 16.5 Å². The highest BCUT2D eigenvalue weighted by Gasteiger charge is 2.34. The zero-order valence-corrected chi connectivity index (χ0v) is 16.0. The molecule has 0 unspecified atom stereocenters. The van der Waals surface area contributed by atoms with E-state index in [4.69, 9.17) is 5.26 Å². The number of rotatable bonds is 4. The Kier molecular flexibility index (Phi) is 5.37. The smallest absolute Gasteiger partial charge is 0.177 e. The van der Waals surface area contributed by atoms with Gasteiger partial charge in [-0.3, -0.25) is 0 Å². The maximum atomic E-state index is 14.4. The van der Waals surface area contributed by atoms with E-state index in [2.05, 4.69) is 0 Å². The first kappa shape index (κ1) is 19.3. The van der Waals surface area contributed by atoms with Crippen molar-refractivity contribution < 1.29 is 17.6 Å². The Bertz CT molecular complexity index is 894. The first-order valence-electron chi connectivity index (χ1n) is 9.53. The van der Waals surface area contributed by atoms with E-state index < -0.39 is 33.7 Å². The van der Waals surface area contributed by atoms with Crippen LogP contribution in [0.3, 0.4) is 0 Å². The van der Waals surface area contributed by atoms with Crippen LogP contribution in [0.25, 0.3) is 11.1 Å². The van der Waals surface area contributed by atoms with Gasteiger partial charge in [-0.15, -0.1) is 0 Å². The lowest BCUT2D eigenvalue weighted by molar-refractivity contribution is 0.296. The molecule has 0 atom stereocenters. The van der Waals surface area contributed by atoms with E-state index in [0.29, 0.717) is 5.92 Å². The Morgan fingerprint density at radius 3 is 1.71 bits per heavy atom. The second-order valence-electron chi connectivity index (χ2n) is 7.72. The largest absolute Gasteiger partial charge is 0.203 e. The molecule has 2 fully saturated rings. The fourth-order valence-corrected chi connectivity index (χ4v) is 4.86. The monoisotopic (exact) mass is 405 g/mol. The van der Waals surface area contributed by atoms with Gasteiger partial charge in [-0.2, -0.15) is 5.26 Å². The second-order valence-corrected chi connectivity index (χ2v) is 8.52. The summed E-state index contributed by atoms with van der Waals surface area (Å²) in [6.45, 7) is 0. The molecule has 0 amide bonds. The van der Waals surface area contributed by atoms with Gasteiger partial charge in [-0.05, 0) is 79.2 Å². The number of hydrogen-bond acceptors (Lipinski definition) is 2. The standard InChI is InChI=1S/C22H19F4NS/c23-18-17(19(24)21(26)22(20(18)25)28-11-27)16-9-7-15(8-10-16)14-5-3-13(4-6-14)12-1-2-12/h7-10,12-14H,1-6H2. The minimum absolute atomic E-state index is 0.0640. The Balaban J connectivity index is 1.58. The summed E-state index contributed by atoms with van der Waals surface area (Å²) < 4.78 is 57.0. The number of thioether (sulfide) groups is 1. The third-order valence-corrected chi connectivity index (χ3v) is 6.76. The Morgan fingerprint density at radius 1 is 0.750 bits per heavy atom. The fraction of sp³-hybridized carbons (Fsp3) is 0.409. The molecule has 0 saturated heterocycles. The van der Waals surface area contributed by atoms with Crippen LogP contribution >= 0.6 is 11.8 Å². The van der Waals surface area contributed by atoms with E-state index in [9.17, 15) is 17.6 Å². The van der Waals surface area contributed by atoms with Gasteiger partial charge in [0.05, 0.1) is 10.5 Å². The number of nitriles is 1. The summed E-state index contributed by atoms with van der Waals surface area (Å²) in [5.41, 5.74) is 0.439. The molecule has 0 aliphatic heterocycles. The molecule has 6 heteroatoms. The van der Waals surface area contributed by atoms with Crippen LogP contribution in [-0.4, -0.2) is 0 Å². The molecule has 2 aromatic carbocycles. The normalized spacial score (nSPS) is 22.1. The Hall–Kier alpha value is -2.00. The fourth-order valence-electron chi connectivity index (χ4n) is 4.41. The first-order valence-corrected chi connectivity index (χ1v) is 10.3. The van der Waals surface area contributed by atoms with Crippen molar-refractivity contribution in [2.75, 3.05) is 0 Å². The summed E-state index contributed by atoms with van der Waals surface area (Å²) in [6, 6.07) is 6.62. The third kappa shape index (κ3) is 3.53. The van der Waals surface area contributed by atoms with Crippen molar-refractivity contribution in [1.82, 2.24) is 0 Å². The molecule has 0 N–H and O–H groups in total. The zero-order valence-electron chi connectivity index (χ0n) is 15.2. The minimum Gasteiger partial charge on any atom is -0.203 e. The van der Waals surface area contributed by atoms with E-state index in [1.807, 2.05) is 0 Å². The number of thiocyanates is 1. The molecule has 0 bridgehead atoms. The van der Waals surface area contributed by atoms with E-state index >= 15 is 0 Å². The first-order chi connectivity index (χ1) is 13.5. The van der Waals surface area contributed by atoms with E-state index in [1.165, 1.54) is 43.2 Å². The van der Waals surface area contributed by atoms with Crippen LogP contribution in [0, 0.1) is 45.8 Å². The van der Waals surface area contributed by atoms with E-state index in [1.54, 1.807) is 12.1 Å². The van der Waals surface area contributed by atoms with Crippen LogP contribution < -0.4 is 0 Å². The Morgan fingerprint density at radius 2 is 1.25 bits per heavy atom. The van der Waals surface area contributed by atoms with E-state index in [0.717, 1.165) is 30.2 Å². The summed E-state index contributed by atoms with van der Waals surface area (Å²) in [7, 11) is 0. The molecule has 0 heterocycles. The van der Waals surface area contributed by atoms with Gasteiger partial charge < -0.3 is 0 Å². The van der Waals surface area contributed by atoms with Crippen LogP contribution in [-0.2, 0) is 0 Å². The third-order valence-electron chi connectivity index (χ3n) is 6.10. The van der Waals surface area contributed by atoms with Crippen molar-refractivity contribution >= 4 is 11.8 Å². The number of benzene rings is 2. The van der Waals surface area contributed by atoms with Crippen molar-refractivity contribution in [2.24, 2.45) is 11.8 Å². The van der Waals surface area contributed by atoms with Crippen molar-refractivity contribution in [3.05, 3.63) is 53.1 Å². The molecule has 2 aliphatic rings. The van der Waals surface area contributed by atoms with Gasteiger partial charge in [-0.1, -0.05) is 24.3 Å². The highest BCUT2D eigenvalue weighted by atomic mass is 32.2. The molecule has 28 heavy (non-hydrogen) atoms.